The molecule has 0 aliphatic heterocycles. The fraction of sp³-hybridized carbons (Fsp3) is 0.0625. The van der Waals surface area contributed by atoms with Gasteiger partial charge in [0, 0.05) is 16.7 Å². The first-order chi connectivity index (χ1) is 11.1. The molecule has 0 spiro atoms. The Morgan fingerprint density at radius 1 is 1.22 bits per heavy atom. The van der Waals surface area contributed by atoms with E-state index in [4.69, 9.17) is 20.8 Å². The molecule has 0 saturated heterocycles. The fourth-order valence-electron chi connectivity index (χ4n) is 2.01. The maximum absolute atomic E-state index is 11.0. The number of nitro groups is 1. The third-order valence-electron chi connectivity index (χ3n) is 3.08. The van der Waals surface area contributed by atoms with E-state index < -0.39 is 4.92 Å². The fourth-order valence-corrected chi connectivity index (χ4v) is 2.17. The van der Waals surface area contributed by atoms with Crippen LogP contribution in [0.5, 0.6) is 5.75 Å². The minimum Gasteiger partial charge on any atom is -0.477 e. The minimum atomic E-state index is -0.549. The number of ether oxygens (including phenoxy) is 1. The van der Waals surface area contributed by atoms with Gasteiger partial charge in [0.15, 0.2) is 18.1 Å². The lowest BCUT2D eigenvalue weighted by molar-refractivity contribution is -0.385. The molecule has 3 rings (SSSR count). The van der Waals surface area contributed by atoms with Gasteiger partial charge in [0.25, 0.3) is 0 Å². The third-order valence-corrected chi connectivity index (χ3v) is 3.32. The Morgan fingerprint density at radius 3 is 2.74 bits per heavy atom. The van der Waals surface area contributed by atoms with E-state index in [1.807, 2.05) is 30.3 Å². The van der Waals surface area contributed by atoms with Crippen molar-refractivity contribution >= 4 is 17.3 Å². The third kappa shape index (κ3) is 3.49. The van der Waals surface area contributed by atoms with Crippen LogP contribution in [0.4, 0.5) is 5.69 Å². The van der Waals surface area contributed by atoms with Gasteiger partial charge in [-0.15, -0.1) is 0 Å². The van der Waals surface area contributed by atoms with Crippen molar-refractivity contribution < 1.29 is 14.1 Å². The molecular formula is C16H11ClN2O4. The average molecular weight is 331 g/mol. The highest BCUT2D eigenvalue weighted by molar-refractivity contribution is 6.30. The largest absolute Gasteiger partial charge is 0.477 e. The van der Waals surface area contributed by atoms with Gasteiger partial charge in [-0.05, 0) is 12.1 Å². The monoisotopic (exact) mass is 330 g/mol. The molecule has 0 aliphatic carbocycles. The smallest absolute Gasteiger partial charge is 0.312 e. The lowest BCUT2D eigenvalue weighted by Gasteiger charge is -2.04. The van der Waals surface area contributed by atoms with Crippen LogP contribution in [0.25, 0.3) is 11.3 Å². The molecular weight excluding hydrogens is 320 g/mol. The number of rotatable bonds is 5. The predicted octanol–water partition coefficient (Wildman–Crippen LogP) is 4.48. The van der Waals surface area contributed by atoms with E-state index >= 15 is 0 Å². The van der Waals surface area contributed by atoms with Crippen molar-refractivity contribution in [1.29, 1.82) is 0 Å². The maximum atomic E-state index is 11.0. The van der Waals surface area contributed by atoms with Gasteiger partial charge >= 0.3 is 5.69 Å². The Labute approximate surface area is 136 Å². The summed E-state index contributed by atoms with van der Waals surface area (Å²) in [5.74, 6) is 1.04. The Balaban J connectivity index is 1.75. The Morgan fingerprint density at radius 2 is 2.00 bits per heavy atom. The number of oxazole rings is 1. The molecule has 0 bridgehead atoms. The molecule has 1 aromatic heterocycles. The molecule has 1 heterocycles. The molecule has 6 nitrogen and oxygen atoms in total. The summed E-state index contributed by atoms with van der Waals surface area (Å²) in [4.78, 5) is 14.6. The van der Waals surface area contributed by atoms with Gasteiger partial charge in [-0.2, -0.15) is 0 Å². The van der Waals surface area contributed by atoms with Gasteiger partial charge in [0.1, 0.15) is 0 Å². The van der Waals surface area contributed by atoms with E-state index in [0.717, 1.165) is 5.56 Å². The Hall–Kier alpha value is -2.86. The van der Waals surface area contributed by atoms with Crippen LogP contribution in [0.1, 0.15) is 5.89 Å². The van der Waals surface area contributed by atoms with Crippen LogP contribution in [0.3, 0.4) is 0 Å². The SMILES string of the molecule is O=[N+]([O-])c1cc(Cl)ccc1OCc1ncc(-c2ccccc2)o1. The molecule has 3 aromatic rings. The normalized spacial score (nSPS) is 10.5. The van der Waals surface area contributed by atoms with Crippen LogP contribution in [-0.4, -0.2) is 9.91 Å². The second kappa shape index (κ2) is 6.50. The number of benzene rings is 2. The van der Waals surface area contributed by atoms with E-state index in [0.29, 0.717) is 11.7 Å². The topological polar surface area (TPSA) is 78.4 Å². The summed E-state index contributed by atoms with van der Waals surface area (Å²) in [7, 11) is 0. The highest BCUT2D eigenvalue weighted by Gasteiger charge is 2.16. The predicted molar refractivity (Wildman–Crippen MR) is 84.4 cm³/mol. The van der Waals surface area contributed by atoms with Crippen molar-refractivity contribution in [2.45, 2.75) is 6.61 Å². The number of hydrogen-bond acceptors (Lipinski definition) is 5. The summed E-state index contributed by atoms with van der Waals surface area (Å²) in [5, 5.41) is 11.3. The van der Waals surface area contributed by atoms with Crippen molar-refractivity contribution in [2.24, 2.45) is 0 Å². The van der Waals surface area contributed by atoms with Crippen molar-refractivity contribution in [1.82, 2.24) is 4.98 Å². The molecule has 0 fully saturated rings. The maximum Gasteiger partial charge on any atom is 0.312 e. The first kappa shape index (κ1) is 15.1. The quantitative estimate of drug-likeness (QED) is 0.509. The number of nitro benzene ring substituents is 1. The van der Waals surface area contributed by atoms with Gasteiger partial charge < -0.3 is 9.15 Å². The number of aromatic nitrogens is 1. The minimum absolute atomic E-state index is 0.0185. The molecule has 0 radical (unpaired) electrons. The molecule has 0 N–H and O–H groups in total. The second-order valence-electron chi connectivity index (χ2n) is 4.64. The molecule has 23 heavy (non-hydrogen) atoms. The van der Waals surface area contributed by atoms with E-state index in [1.165, 1.54) is 18.2 Å². The second-order valence-corrected chi connectivity index (χ2v) is 5.08. The average Bonchev–Trinajstić information content (AvgIpc) is 3.03. The summed E-state index contributed by atoms with van der Waals surface area (Å²) in [6.07, 6.45) is 1.59. The van der Waals surface area contributed by atoms with E-state index in [-0.39, 0.29) is 23.1 Å². The number of halogens is 1. The first-order valence-corrected chi connectivity index (χ1v) is 7.08. The van der Waals surface area contributed by atoms with Crippen LogP contribution < -0.4 is 4.74 Å². The van der Waals surface area contributed by atoms with Gasteiger partial charge in [0.2, 0.25) is 5.89 Å². The van der Waals surface area contributed by atoms with E-state index in [9.17, 15) is 10.1 Å². The molecule has 0 aliphatic rings. The lowest BCUT2D eigenvalue weighted by Crippen LogP contribution is -1.99. The first-order valence-electron chi connectivity index (χ1n) is 6.70. The van der Waals surface area contributed by atoms with Crippen molar-refractivity contribution in [3.05, 3.63) is 75.8 Å². The van der Waals surface area contributed by atoms with Crippen LogP contribution in [0, 0.1) is 10.1 Å². The Kier molecular flexibility index (Phi) is 4.25. The zero-order valence-electron chi connectivity index (χ0n) is 11.8. The highest BCUT2D eigenvalue weighted by Crippen LogP contribution is 2.30. The van der Waals surface area contributed by atoms with Gasteiger partial charge in [0.05, 0.1) is 11.1 Å². The number of hydrogen-bond donors (Lipinski definition) is 0. The molecule has 7 heteroatoms. The number of nitrogens with zero attached hydrogens (tertiary/aromatic N) is 2. The van der Waals surface area contributed by atoms with Crippen LogP contribution in [0.2, 0.25) is 5.02 Å². The standard InChI is InChI=1S/C16H11ClN2O4/c17-12-6-7-14(13(8-12)19(20)21)22-10-16-18-9-15(23-16)11-4-2-1-3-5-11/h1-9H,10H2. The van der Waals surface area contributed by atoms with E-state index in [1.54, 1.807) is 6.20 Å². The summed E-state index contributed by atoms with van der Waals surface area (Å²) in [6.45, 7) is -0.0185. The molecule has 0 amide bonds. The molecule has 0 saturated carbocycles. The summed E-state index contributed by atoms with van der Waals surface area (Å²) in [5.41, 5.74) is 0.691. The molecule has 0 atom stereocenters. The van der Waals surface area contributed by atoms with Crippen molar-refractivity contribution in [3.8, 4) is 17.1 Å². The van der Waals surface area contributed by atoms with Gasteiger partial charge in [-0.3, -0.25) is 10.1 Å². The summed E-state index contributed by atoms with van der Waals surface area (Å²) >= 11 is 5.76. The Bertz CT molecular complexity index is 833. The van der Waals surface area contributed by atoms with Crippen LogP contribution in [-0.2, 0) is 6.61 Å². The van der Waals surface area contributed by atoms with Gasteiger partial charge in [-0.25, -0.2) is 4.98 Å². The highest BCUT2D eigenvalue weighted by atomic mass is 35.5. The van der Waals surface area contributed by atoms with Crippen molar-refractivity contribution in [2.75, 3.05) is 0 Å². The van der Waals surface area contributed by atoms with Crippen LogP contribution in [0.15, 0.2) is 59.1 Å². The molecule has 116 valence electrons. The summed E-state index contributed by atoms with van der Waals surface area (Å²) in [6, 6.07) is 13.7. The van der Waals surface area contributed by atoms with E-state index in [2.05, 4.69) is 4.98 Å². The van der Waals surface area contributed by atoms with Crippen molar-refractivity contribution in [3.63, 3.8) is 0 Å². The zero-order chi connectivity index (χ0) is 16.2. The summed E-state index contributed by atoms with van der Waals surface area (Å²) < 4.78 is 11.0. The van der Waals surface area contributed by atoms with Gasteiger partial charge in [-0.1, -0.05) is 41.9 Å². The zero-order valence-corrected chi connectivity index (χ0v) is 12.6. The van der Waals surface area contributed by atoms with Crippen LogP contribution >= 0.6 is 11.6 Å². The lowest BCUT2D eigenvalue weighted by atomic mass is 10.2. The molecule has 0 unspecified atom stereocenters. The molecule has 2 aromatic carbocycles.